The van der Waals surface area contributed by atoms with Crippen molar-refractivity contribution in [1.82, 2.24) is 4.90 Å². The lowest BCUT2D eigenvalue weighted by atomic mass is 9.98. The zero-order valence-corrected chi connectivity index (χ0v) is 23.4. The molecule has 0 bridgehead atoms. The molecule has 2 atom stereocenters. The molecule has 40 heavy (non-hydrogen) atoms. The highest BCUT2D eigenvalue weighted by Gasteiger charge is 2.32. The van der Waals surface area contributed by atoms with Gasteiger partial charge in [-0.1, -0.05) is 109 Å². The van der Waals surface area contributed by atoms with E-state index in [1.165, 1.54) is 16.7 Å². The molecule has 4 aromatic carbocycles. The van der Waals surface area contributed by atoms with Crippen molar-refractivity contribution < 1.29 is 19.0 Å². The fraction of sp³-hybridized carbons (Fsp3) is 0.286. The minimum atomic E-state index is -0.512. The van der Waals surface area contributed by atoms with Gasteiger partial charge in [-0.3, -0.25) is 4.90 Å². The summed E-state index contributed by atoms with van der Waals surface area (Å²) < 4.78 is 17.9. The van der Waals surface area contributed by atoms with Crippen LogP contribution < -0.4 is 0 Å². The van der Waals surface area contributed by atoms with Crippen molar-refractivity contribution in [3.8, 4) is 0 Å². The molecule has 5 nitrogen and oxygen atoms in total. The fourth-order valence-electron chi connectivity index (χ4n) is 5.03. The summed E-state index contributed by atoms with van der Waals surface area (Å²) in [7, 11) is 3.33. The standard InChI is InChI=1S/C35H39NO4/c1-38-35(39-2)33(36(26-29-17-9-4-10-18-29)27-30-19-11-5-12-20-30)25-32(24-23-28-15-7-3-8-16-28)40-34(37)31-21-13-6-14-22-31/h3-22,32-33,35H,23-27H2,1-2H3. The molecule has 0 aliphatic rings. The van der Waals surface area contributed by atoms with Crippen molar-refractivity contribution in [2.24, 2.45) is 0 Å². The van der Waals surface area contributed by atoms with E-state index >= 15 is 0 Å². The number of nitrogens with zero attached hydrogens (tertiary/aromatic N) is 1. The number of esters is 1. The van der Waals surface area contributed by atoms with Crippen molar-refractivity contribution >= 4 is 5.97 Å². The van der Waals surface area contributed by atoms with Crippen LogP contribution in [0.1, 0.15) is 39.9 Å². The number of ether oxygens (including phenoxy) is 3. The highest BCUT2D eigenvalue weighted by atomic mass is 16.7. The van der Waals surface area contributed by atoms with E-state index < -0.39 is 6.29 Å². The van der Waals surface area contributed by atoms with Crippen LogP contribution in [0.4, 0.5) is 0 Å². The minimum Gasteiger partial charge on any atom is -0.459 e. The largest absolute Gasteiger partial charge is 0.459 e. The van der Waals surface area contributed by atoms with E-state index in [0.29, 0.717) is 31.5 Å². The lowest BCUT2D eigenvalue weighted by molar-refractivity contribution is -0.157. The van der Waals surface area contributed by atoms with Crippen LogP contribution in [0, 0.1) is 0 Å². The van der Waals surface area contributed by atoms with Crippen LogP contribution in [0.3, 0.4) is 0 Å². The van der Waals surface area contributed by atoms with Gasteiger partial charge in [0.05, 0.1) is 11.6 Å². The highest BCUT2D eigenvalue weighted by Crippen LogP contribution is 2.25. The molecule has 0 saturated heterocycles. The van der Waals surface area contributed by atoms with Crippen LogP contribution in [-0.2, 0) is 33.7 Å². The molecule has 0 radical (unpaired) electrons. The lowest BCUT2D eigenvalue weighted by Crippen LogP contribution is -2.47. The number of rotatable bonds is 15. The Balaban J connectivity index is 1.63. The minimum absolute atomic E-state index is 0.181. The Labute approximate surface area is 238 Å². The SMILES string of the molecule is COC(OC)C(CC(CCc1ccccc1)OC(=O)c1ccccc1)N(Cc1ccccc1)Cc1ccccc1. The number of aryl methyl sites for hydroxylation is 1. The van der Waals surface area contributed by atoms with Crippen molar-refractivity contribution in [2.45, 2.75) is 50.8 Å². The van der Waals surface area contributed by atoms with Crippen molar-refractivity contribution in [3.05, 3.63) is 144 Å². The van der Waals surface area contributed by atoms with E-state index in [-0.39, 0.29) is 18.1 Å². The first-order valence-electron chi connectivity index (χ1n) is 13.8. The molecular weight excluding hydrogens is 498 g/mol. The molecule has 0 spiro atoms. The summed E-state index contributed by atoms with van der Waals surface area (Å²) in [5.74, 6) is -0.318. The quantitative estimate of drug-likeness (QED) is 0.122. The molecule has 0 saturated carbocycles. The smallest absolute Gasteiger partial charge is 0.338 e. The summed E-state index contributed by atoms with van der Waals surface area (Å²) in [6, 6.07) is 40.1. The van der Waals surface area contributed by atoms with Crippen LogP contribution >= 0.6 is 0 Å². The molecule has 4 aromatic rings. The van der Waals surface area contributed by atoms with Gasteiger partial charge in [0, 0.05) is 33.7 Å². The molecule has 208 valence electrons. The Kier molecular flexibility index (Phi) is 11.5. The van der Waals surface area contributed by atoms with Gasteiger partial charge >= 0.3 is 5.97 Å². The zero-order valence-electron chi connectivity index (χ0n) is 23.4. The van der Waals surface area contributed by atoms with Gasteiger partial charge in [0.2, 0.25) is 0 Å². The summed E-state index contributed by atoms with van der Waals surface area (Å²) in [5, 5.41) is 0. The lowest BCUT2D eigenvalue weighted by Gasteiger charge is -2.37. The number of methoxy groups -OCH3 is 2. The van der Waals surface area contributed by atoms with Crippen molar-refractivity contribution in [3.63, 3.8) is 0 Å². The molecule has 0 aliphatic carbocycles. The molecule has 4 rings (SSSR count). The number of hydrogen-bond acceptors (Lipinski definition) is 5. The third-order valence-electron chi connectivity index (χ3n) is 7.09. The molecule has 0 fully saturated rings. The maximum atomic E-state index is 13.2. The molecule has 0 N–H and O–H groups in total. The molecule has 2 unspecified atom stereocenters. The van der Waals surface area contributed by atoms with Gasteiger partial charge in [0.25, 0.3) is 0 Å². The maximum Gasteiger partial charge on any atom is 0.338 e. The normalized spacial score (nSPS) is 12.8. The summed E-state index contributed by atoms with van der Waals surface area (Å²) in [6.45, 7) is 1.39. The van der Waals surface area contributed by atoms with Crippen LogP contribution in [-0.4, -0.2) is 43.5 Å². The predicted octanol–water partition coefficient (Wildman–Crippen LogP) is 6.92. The molecule has 5 heteroatoms. The van der Waals surface area contributed by atoms with E-state index in [1.54, 1.807) is 26.4 Å². The Morgan fingerprint density at radius 2 is 1.10 bits per heavy atom. The second-order valence-electron chi connectivity index (χ2n) is 9.94. The summed E-state index contributed by atoms with van der Waals surface area (Å²) >= 11 is 0. The average Bonchev–Trinajstić information content (AvgIpc) is 3.01. The first kappa shape index (κ1) is 29.2. The van der Waals surface area contributed by atoms with E-state index in [0.717, 1.165) is 6.42 Å². The van der Waals surface area contributed by atoms with Crippen LogP contribution in [0.15, 0.2) is 121 Å². The topological polar surface area (TPSA) is 48.0 Å². The van der Waals surface area contributed by atoms with Crippen LogP contribution in [0.2, 0.25) is 0 Å². The third-order valence-corrected chi connectivity index (χ3v) is 7.09. The van der Waals surface area contributed by atoms with E-state index in [2.05, 4.69) is 65.6 Å². The number of benzene rings is 4. The predicted molar refractivity (Wildman–Crippen MR) is 159 cm³/mol. The van der Waals surface area contributed by atoms with E-state index in [1.807, 2.05) is 48.5 Å². The highest BCUT2D eigenvalue weighted by molar-refractivity contribution is 5.89. The maximum absolute atomic E-state index is 13.2. The van der Waals surface area contributed by atoms with Gasteiger partial charge in [-0.15, -0.1) is 0 Å². The number of hydrogen-bond donors (Lipinski definition) is 0. The molecule has 0 aliphatic heterocycles. The summed E-state index contributed by atoms with van der Waals surface area (Å²) in [5.41, 5.74) is 4.14. The molecule has 0 heterocycles. The number of carbonyl (C=O) groups is 1. The first-order valence-corrected chi connectivity index (χ1v) is 13.8. The Morgan fingerprint density at radius 1 is 0.650 bits per heavy atom. The fourth-order valence-corrected chi connectivity index (χ4v) is 5.03. The van der Waals surface area contributed by atoms with E-state index in [4.69, 9.17) is 14.2 Å². The van der Waals surface area contributed by atoms with Gasteiger partial charge < -0.3 is 14.2 Å². The van der Waals surface area contributed by atoms with Gasteiger partial charge in [0.1, 0.15) is 6.10 Å². The van der Waals surface area contributed by atoms with Gasteiger partial charge in [-0.05, 0) is 41.7 Å². The molecular formula is C35H39NO4. The van der Waals surface area contributed by atoms with Crippen molar-refractivity contribution in [1.29, 1.82) is 0 Å². The molecule has 0 amide bonds. The van der Waals surface area contributed by atoms with Crippen LogP contribution in [0.25, 0.3) is 0 Å². The Morgan fingerprint density at radius 3 is 1.57 bits per heavy atom. The number of carbonyl (C=O) groups excluding carboxylic acids is 1. The summed E-state index contributed by atoms with van der Waals surface area (Å²) in [4.78, 5) is 15.6. The van der Waals surface area contributed by atoms with Gasteiger partial charge in [0.15, 0.2) is 6.29 Å². The van der Waals surface area contributed by atoms with E-state index in [9.17, 15) is 4.79 Å². The van der Waals surface area contributed by atoms with Crippen molar-refractivity contribution in [2.75, 3.05) is 14.2 Å². The third kappa shape index (κ3) is 8.88. The second-order valence-corrected chi connectivity index (χ2v) is 9.94. The zero-order chi connectivity index (χ0) is 28.0. The monoisotopic (exact) mass is 537 g/mol. The first-order chi connectivity index (χ1) is 19.7. The second kappa shape index (κ2) is 15.7. The van der Waals surface area contributed by atoms with Crippen LogP contribution in [0.5, 0.6) is 0 Å². The Hall–Kier alpha value is -3.77. The van der Waals surface area contributed by atoms with Gasteiger partial charge in [-0.25, -0.2) is 4.79 Å². The molecule has 0 aromatic heterocycles. The Bertz CT molecular complexity index is 1210. The summed E-state index contributed by atoms with van der Waals surface area (Å²) in [6.07, 6.45) is 1.17. The van der Waals surface area contributed by atoms with Gasteiger partial charge in [-0.2, -0.15) is 0 Å². The average molecular weight is 538 g/mol.